The SMILES string of the molecule is c1ccc(C2(c3ccccc3)c3ccccc3-c3c(-c4cccc5ccccc45)cc4ccc(-c5ccc6c(c5)-c5cccc7cccc(c57)O6)cc4c32)cc1. The van der Waals surface area contributed by atoms with E-state index in [0.717, 1.165) is 22.6 Å². The summed E-state index contributed by atoms with van der Waals surface area (Å²) < 4.78 is 6.52. The molecule has 0 unspecified atom stereocenters. The first-order valence-electron chi connectivity index (χ1n) is 19.4. The van der Waals surface area contributed by atoms with Crippen molar-refractivity contribution in [3.63, 3.8) is 0 Å². The maximum absolute atomic E-state index is 6.52. The Morgan fingerprint density at radius 2 is 0.964 bits per heavy atom. The lowest BCUT2D eigenvalue weighted by Crippen LogP contribution is -2.28. The Balaban J connectivity index is 1.20. The minimum absolute atomic E-state index is 0.561. The van der Waals surface area contributed by atoms with Crippen LogP contribution in [-0.4, -0.2) is 0 Å². The van der Waals surface area contributed by atoms with E-state index in [4.69, 9.17) is 4.74 Å². The molecule has 0 spiro atoms. The summed E-state index contributed by atoms with van der Waals surface area (Å²) in [5.74, 6) is 1.81. The van der Waals surface area contributed by atoms with Crippen LogP contribution in [0, 0.1) is 0 Å². The molecule has 0 fully saturated rings. The smallest absolute Gasteiger partial charge is 0.135 e. The zero-order chi connectivity index (χ0) is 36.8. The second-order valence-corrected chi connectivity index (χ2v) is 15.1. The second-order valence-electron chi connectivity index (χ2n) is 15.1. The predicted octanol–water partition coefficient (Wildman–Crippen LogP) is 14.6. The second kappa shape index (κ2) is 11.9. The number of ether oxygens (including phenoxy) is 1. The average Bonchev–Trinajstić information content (AvgIpc) is 3.59. The van der Waals surface area contributed by atoms with Crippen LogP contribution in [0.25, 0.3) is 76.8 Å². The maximum Gasteiger partial charge on any atom is 0.135 e. The molecule has 0 radical (unpaired) electrons. The normalized spacial score (nSPS) is 13.3. The van der Waals surface area contributed by atoms with Gasteiger partial charge in [0.1, 0.15) is 11.5 Å². The number of hydrogen-bond acceptors (Lipinski definition) is 1. The van der Waals surface area contributed by atoms with Gasteiger partial charge in [-0.15, -0.1) is 0 Å². The van der Waals surface area contributed by atoms with Crippen LogP contribution in [0.2, 0.25) is 0 Å². The van der Waals surface area contributed by atoms with E-state index in [1.165, 1.54) is 88.0 Å². The minimum Gasteiger partial charge on any atom is -0.456 e. The van der Waals surface area contributed by atoms with Gasteiger partial charge in [0.2, 0.25) is 0 Å². The summed E-state index contributed by atoms with van der Waals surface area (Å²) in [6, 6.07) is 76.0. The van der Waals surface area contributed by atoms with Gasteiger partial charge >= 0.3 is 0 Å². The molecule has 56 heavy (non-hydrogen) atoms. The van der Waals surface area contributed by atoms with Crippen LogP contribution in [-0.2, 0) is 5.41 Å². The molecule has 260 valence electrons. The molecule has 0 saturated heterocycles. The first-order valence-corrected chi connectivity index (χ1v) is 19.4. The Kier molecular flexibility index (Phi) is 6.62. The van der Waals surface area contributed by atoms with E-state index in [1.54, 1.807) is 0 Å². The highest BCUT2D eigenvalue weighted by Crippen LogP contribution is 2.61. The third kappa shape index (κ3) is 4.31. The van der Waals surface area contributed by atoms with E-state index in [9.17, 15) is 0 Å². The quantitative estimate of drug-likeness (QED) is 0.177. The molecule has 2 aliphatic rings. The largest absolute Gasteiger partial charge is 0.456 e. The van der Waals surface area contributed by atoms with Crippen LogP contribution >= 0.6 is 0 Å². The van der Waals surface area contributed by atoms with Crippen molar-refractivity contribution >= 4 is 32.3 Å². The predicted molar refractivity (Wildman–Crippen MR) is 233 cm³/mol. The van der Waals surface area contributed by atoms with E-state index in [1.807, 2.05) is 0 Å². The van der Waals surface area contributed by atoms with Crippen molar-refractivity contribution in [3.05, 3.63) is 229 Å². The number of rotatable bonds is 4. The van der Waals surface area contributed by atoms with Gasteiger partial charge in [0, 0.05) is 10.9 Å². The van der Waals surface area contributed by atoms with E-state index < -0.39 is 5.41 Å². The van der Waals surface area contributed by atoms with Crippen LogP contribution in [0.1, 0.15) is 22.3 Å². The van der Waals surface area contributed by atoms with Crippen molar-refractivity contribution in [2.45, 2.75) is 5.41 Å². The third-order valence-corrected chi connectivity index (χ3v) is 12.3. The minimum atomic E-state index is -0.561. The fourth-order valence-electron chi connectivity index (χ4n) is 9.97. The summed E-state index contributed by atoms with van der Waals surface area (Å²) >= 11 is 0. The van der Waals surface area contributed by atoms with E-state index >= 15 is 0 Å². The average molecular weight is 711 g/mol. The fraction of sp³-hybridized carbons (Fsp3) is 0.0182. The van der Waals surface area contributed by atoms with Gasteiger partial charge in [-0.1, -0.05) is 176 Å². The number of hydrogen-bond donors (Lipinski definition) is 0. The van der Waals surface area contributed by atoms with E-state index in [2.05, 4.69) is 206 Å². The molecular weight excluding hydrogens is 677 g/mol. The summed E-state index contributed by atoms with van der Waals surface area (Å²) in [6.45, 7) is 0. The van der Waals surface area contributed by atoms with Crippen molar-refractivity contribution in [3.8, 4) is 56.0 Å². The van der Waals surface area contributed by atoms with Gasteiger partial charge in [0.15, 0.2) is 0 Å². The molecular formula is C55H34O. The summed E-state index contributed by atoms with van der Waals surface area (Å²) in [7, 11) is 0. The molecule has 1 heteroatoms. The zero-order valence-electron chi connectivity index (χ0n) is 30.5. The molecule has 1 aliphatic carbocycles. The first-order chi connectivity index (χ1) is 27.8. The van der Waals surface area contributed by atoms with Crippen LogP contribution in [0.4, 0.5) is 0 Å². The lowest BCUT2D eigenvalue weighted by molar-refractivity contribution is 0.487. The molecule has 1 nitrogen and oxygen atoms in total. The van der Waals surface area contributed by atoms with Gasteiger partial charge in [-0.3, -0.25) is 0 Å². The monoisotopic (exact) mass is 710 g/mol. The highest BCUT2D eigenvalue weighted by atomic mass is 16.5. The maximum atomic E-state index is 6.52. The van der Waals surface area contributed by atoms with Gasteiger partial charge in [-0.05, 0) is 118 Å². The van der Waals surface area contributed by atoms with Crippen LogP contribution in [0.5, 0.6) is 11.5 Å². The Labute approximate surface area is 325 Å². The summed E-state index contributed by atoms with van der Waals surface area (Å²) in [5, 5.41) is 7.34. The zero-order valence-corrected chi connectivity index (χ0v) is 30.5. The topological polar surface area (TPSA) is 9.23 Å². The molecule has 10 aromatic rings. The molecule has 0 N–H and O–H groups in total. The summed E-state index contributed by atoms with van der Waals surface area (Å²) in [4.78, 5) is 0. The molecule has 0 bridgehead atoms. The van der Waals surface area contributed by atoms with Crippen molar-refractivity contribution in [1.82, 2.24) is 0 Å². The molecule has 12 rings (SSSR count). The first kappa shape index (κ1) is 31.2. The Morgan fingerprint density at radius 3 is 1.79 bits per heavy atom. The third-order valence-electron chi connectivity index (χ3n) is 12.3. The molecule has 0 saturated carbocycles. The molecule has 0 aromatic heterocycles. The summed E-state index contributed by atoms with van der Waals surface area (Å²) in [5.41, 5.74) is 14.4. The highest BCUT2D eigenvalue weighted by Gasteiger charge is 2.48. The van der Waals surface area contributed by atoms with Crippen molar-refractivity contribution in [2.24, 2.45) is 0 Å². The van der Waals surface area contributed by atoms with Gasteiger partial charge < -0.3 is 4.74 Å². The van der Waals surface area contributed by atoms with Gasteiger partial charge in [0.25, 0.3) is 0 Å². The number of benzene rings is 10. The van der Waals surface area contributed by atoms with Crippen LogP contribution in [0.15, 0.2) is 206 Å². The molecule has 0 amide bonds. The van der Waals surface area contributed by atoms with Crippen molar-refractivity contribution in [1.29, 1.82) is 0 Å². The molecule has 1 heterocycles. The molecule has 10 aromatic carbocycles. The molecule has 1 aliphatic heterocycles. The Bertz CT molecular complexity index is 3160. The fourth-order valence-corrected chi connectivity index (χ4v) is 9.97. The van der Waals surface area contributed by atoms with E-state index in [-0.39, 0.29) is 0 Å². The Hall–Kier alpha value is -7.22. The standard InChI is InChI=1S/C55H34O/c1-3-18-40(19-4-1)55(41-20-5-2-6-21-41)49-26-10-9-23-45(49)53-48(43-24-11-15-35-14-7-8-22-42(35)43)34-39-29-28-37(32-46(39)54(53)55)38-30-31-50-47(33-38)44-25-12-16-36-17-13-27-51(56-50)52(36)44/h1-34H. The van der Waals surface area contributed by atoms with Gasteiger partial charge in [-0.25, -0.2) is 0 Å². The molecule has 0 atom stereocenters. The summed E-state index contributed by atoms with van der Waals surface area (Å²) in [6.07, 6.45) is 0. The lowest BCUT2D eigenvalue weighted by atomic mass is 9.66. The van der Waals surface area contributed by atoms with Crippen LogP contribution in [0.3, 0.4) is 0 Å². The number of fused-ring (bicyclic) bond motifs is 8. The van der Waals surface area contributed by atoms with Crippen molar-refractivity contribution in [2.75, 3.05) is 0 Å². The van der Waals surface area contributed by atoms with Gasteiger partial charge in [0.05, 0.1) is 5.41 Å². The lowest BCUT2D eigenvalue weighted by Gasteiger charge is -2.35. The van der Waals surface area contributed by atoms with Crippen LogP contribution < -0.4 is 4.74 Å². The van der Waals surface area contributed by atoms with E-state index in [0.29, 0.717) is 0 Å². The van der Waals surface area contributed by atoms with Crippen molar-refractivity contribution < 1.29 is 4.74 Å². The Morgan fingerprint density at radius 1 is 0.339 bits per heavy atom. The highest BCUT2D eigenvalue weighted by molar-refractivity contribution is 6.11. The van der Waals surface area contributed by atoms with Gasteiger partial charge in [-0.2, -0.15) is 0 Å².